The summed E-state index contributed by atoms with van der Waals surface area (Å²) in [4.78, 5) is 0.421. The molecule has 0 heterocycles. The van der Waals surface area contributed by atoms with Crippen LogP contribution in [0.5, 0.6) is 0 Å². The number of rotatable bonds is 4. The number of nitrogens with two attached hydrogens (primary N) is 1. The van der Waals surface area contributed by atoms with Crippen LogP contribution in [0, 0.1) is 0 Å². The quantitative estimate of drug-likeness (QED) is 0.891. The first-order valence-corrected chi connectivity index (χ1v) is 7.51. The predicted octanol–water partition coefficient (Wildman–Crippen LogP) is 1.86. The molecule has 3 nitrogen and oxygen atoms in total. The fourth-order valence-electron chi connectivity index (χ4n) is 2.04. The van der Waals surface area contributed by atoms with Crippen molar-refractivity contribution in [3.05, 3.63) is 29.8 Å². The Bertz CT molecular complexity index is 516. The number of hydrogen-bond acceptors (Lipinski definition) is 3. The zero-order valence-electron chi connectivity index (χ0n) is 10.3. The number of hydrogen-bond donors (Lipinski definition) is 1. The Balaban J connectivity index is 2.43. The van der Waals surface area contributed by atoms with Crippen molar-refractivity contribution in [1.29, 1.82) is 0 Å². The molecule has 0 aromatic heterocycles. The Kier molecular flexibility index (Phi) is 3.04. The molecule has 0 saturated heterocycles. The highest BCUT2D eigenvalue weighted by Gasteiger charge is 2.43. The van der Waals surface area contributed by atoms with Crippen molar-refractivity contribution in [3.63, 3.8) is 0 Å². The van der Waals surface area contributed by atoms with Gasteiger partial charge in [0.15, 0.2) is 9.84 Å². The average Bonchev–Trinajstić information content (AvgIpc) is 3.10. The molecule has 0 amide bonds. The summed E-state index contributed by atoms with van der Waals surface area (Å²) in [5.74, 6) is 0. The summed E-state index contributed by atoms with van der Waals surface area (Å²) in [5.41, 5.74) is 6.89. The summed E-state index contributed by atoms with van der Waals surface area (Å²) in [6.45, 7) is 4.01. The minimum absolute atomic E-state index is 0.0442. The first-order valence-electron chi connectivity index (χ1n) is 5.97. The molecule has 2 rings (SSSR count). The van der Waals surface area contributed by atoms with E-state index in [1.165, 1.54) is 0 Å². The highest BCUT2D eigenvalue weighted by molar-refractivity contribution is 7.92. The van der Waals surface area contributed by atoms with Crippen molar-refractivity contribution in [1.82, 2.24) is 0 Å². The first kappa shape index (κ1) is 12.6. The van der Waals surface area contributed by atoms with Crippen molar-refractivity contribution >= 4 is 9.84 Å². The topological polar surface area (TPSA) is 60.2 Å². The standard InChI is InChI=1S/C13H19NO2S/c1-10(2)17(15,16)12-5-3-4-11(8-12)13(9-14)6-7-13/h3-5,8,10H,6-7,9,14H2,1-2H3. The molecule has 0 bridgehead atoms. The minimum Gasteiger partial charge on any atom is -0.330 e. The summed E-state index contributed by atoms with van der Waals surface area (Å²) < 4.78 is 24.2. The zero-order chi connectivity index (χ0) is 12.7. The maximum absolute atomic E-state index is 12.1. The van der Waals surface area contributed by atoms with Crippen molar-refractivity contribution in [3.8, 4) is 0 Å². The molecule has 2 N–H and O–H groups in total. The van der Waals surface area contributed by atoms with Crippen LogP contribution in [0.3, 0.4) is 0 Å². The summed E-state index contributed by atoms with van der Waals surface area (Å²) in [6.07, 6.45) is 2.13. The third kappa shape index (κ3) is 2.11. The van der Waals surface area contributed by atoms with Crippen LogP contribution in [0.1, 0.15) is 32.3 Å². The van der Waals surface area contributed by atoms with Crippen LogP contribution >= 0.6 is 0 Å². The molecular weight excluding hydrogens is 234 g/mol. The van der Waals surface area contributed by atoms with E-state index in [2.05, 4.69) is 0 Å². The Morgan fingerprint density at radius 2 is 2.00 bits per heavy atom. The second-order valence-corrected chi connectivity index (χ2v) is 7.61. The Labute approximate surface area is 103 Å². The predicted molar refractivity (Wildman–Crippen MR) is 68.7 cm³/mol. The lowest BCUT2D eigenvalue weighted by atomic mass is 9.96. The fraction of sp³-hybridized carbons (Fsp3) is 0.538. The van der Waals surface area contributed by atoms with Crippen LogP contribution in [-0.4, -0.2) is 20.2 Å². The minimum atomic E-state index is -3.18. The second kappa shape index (κ2) is 4.10. The van der Waals surface area contributed by atoms with Gasteiger partial charge in [-0.05, 0) is 44.4 Å². The molecule has 1 aliphatic rings. The third-order valence-corrected chi connectivity index (χ3v) is 5.79. The van der Waals surface area contributed by atoms with E-state index in [1.807, 2.05) is 12.1 Å². The molecule has 1 saturated carbocycles. The Morgan fingerprint density at radius 3 is 2.47 bits per heavy atom. The molecule has 1 aliphatic carbocycles. The lowest BCUT2D eigenvalue weighted by Crippen LogP contribution is -2.21. The molecule has 1 fully saturated rings. The lowest BCUT2D eigenvalue weighted by molar-refractivity contribution is 0.587. The average molecular weight is 253 g/mol. The van der Waals surface area contributed by atoms with E-state index < -0.39 is 9.84 Å². The summed E-state index contributed by atoms with van der Waals surface area (Å²) in [7, 11) is -3.18. The van der Waals surface area contributed by atoms with Crippen molar-refractivity contribution in [2.75, 3.05) is 6.54 Å². The van der Waals surface area contributed by atoms with E-state index in [9.17, 15) is 8.42 Å². The van der Waals surface area contributed by atoms with Gasteiger partial charge in [0.2, 0.25) is 0 Å². The van der Waals surface area contributed by atoms with E-state index in [-0.39, 0.29) is 10.7 Å². The molecule has 0 spiro atoms. The van der Waals surface area contributed by atoms with Gasteiger partial charge in [-0.3, -0.25) is 0 Å². The summed E-state index contributed by atoms with van der Waals surface area (Å²) in [5, 5.41) is -0.384. The largest absolute Gasteiger partial charge is 0.330 e. The third-order valence-electron chi connectivity index (χ3n) is 3.64. The van der Waals surface area contributed by atoms with Gasteiger partial charge in [0.1, 0.15) is 0 Å². The van der Waals surface area contributed by atoms with E-state index in [0.717, 1.165) is 18.4 Å². The van der Waals surface area contributed by atoms with Crippen LogP contribution in [0.25, 0.3) is 0 Å². The van der Waals surface area contributed by atoms with Gasteiger partial charge in [0.05, 0.1) is 10.1 Å². The van der Waals surface area contributed by atoms with E-state index in [4.69, 9.17) is 5.73 Å². The Morgan fingerprint density at radius 1 is 1.35 bits per heavy atom. The van der Waals surface area contributed by atoms with E-state index in [0.29, 0.717) is 11.4 Å². The zero-order valence-corrected chi connectivity index (χ0v) is 11.1. The van der Waals surface area contributed by atoms with Crippen LogP contribution in [0.2, 0.25) is 0 Å². The molecule has 0 radical (unpaired) electrons. The summed E-state index contributed by atoms with van der Waals surface area (Å²) >= 11 is 0. The van der Waals surface area contributed by atoms with Gasteiger partial charge >= 0.3 is 0 Å². The van der Waals surface area contributed by atoms with Gasteiger partial charge in [-0.25, -0.2) is 8.42 Å². The van der Waals surface area contributed by atoms with Crippen molar-refractivity contribution in [2.45, 2.75) is 42.2 Å². The fourth-order valence-corrected chi connectivity index (χ4v) is 3.14. The van der Waals surface area contributed by atoms with Gasteiger partial charge in [-0.1, -0.05) is 12.1 Å². The molecule has 0 unspecified atom stereocenters. The molecule has 0 aliphatic heterocycles. The van der Waals surface area contributed by atoms with Crippen LogP contribution in [-0.2, 0) is 15.3 Å². The number of sulfone groups is 1. The van der Waals surface area contributed by atoms with Gasteiger partial charge in [0.25, 0.3) is 0 Å². The van der Waals surface area contributed by atoms with Gasteiger partial charge < -0.3 is 5.73 Å². The maximum Gasteiger partial charge on any atom is 0.180 e. The van der Waals surface area contributed by atoms with E-state index in [1.54, 1.807) is 26.0 Å². The Hall–Kier alpha value is -0.870. The van der Waals surface area contributed by atoms with Crippen LogP contribution in [0.4, 0.5) is 0 Å². The number of benzene rings is 1. The molecule has 1 aromatic rings. The van der Waals surface area contributed by atoms with Gasteiger partial charge in [-0.2, -0.15) is 0 Å². The molecule has 4 heteroatoms. The maximum atomic E-state index is 12.1. The van der Waals surface area contributed by atoms with Crippen LogP contribution < -0.4 is 5.73 Å². The molecule has 1 aromatic carbocycles. The van der Waals surface area contributed by atoms with E-state index >= 15 is 0 Å². The monoisotopic (exact) mass is 253 g/mol. The molecule has 94 valence electrons. The van der Waals surface area contributed by atoms with Crippen molar-refractivity contribution < 1.29 is 8.42 Å². The van der Waals surface area contributed by atoms with Gasteiger partial charge in [0, 0.05) is 12.0 Å². The van der Waals surface area contributed by atoms with Crippen LogP contribution in [0.15, 0.2) is 29.2 Å². The SMILES string of the molecule is CC(C)S(=O)(=O)c1cccc(C2(CN)CC2)c1. The highest BCUT2D eigenvalue weighted by atomic mass is 32.2. The van der Waals surface area contributed by atoms with Gasteiger partial charge in [-0.15, -0.1) is 0 Å². The second-order valence-electron chi connectivity index (χ2n) is 5.11. The smallest absolute Gasteiger partial charge is 0.180 e. The molecule has 17 heavy (non-hydrogen) atoms. The van der Waals surface area contributed by atoms with Crippen molar-refractivity contribution in [2.24, 2.45) is 5.73 Å². The molecule has 0 atom stereocenters. The lowest BCUT2D eigenvalue weighted by Gasteiger charge is -2.15. The normalized spacial score (nSPS) is 18.4. The highest BCUT2D eigenvalue weighted by Crippen LogP contribution is 2.47. The molecular formula is C13H19NO2S. The summed E-state index contributed by atoms with van der Waals surface area (Å²) in [6, 6.07) is 7.28. The first-order chi connectivity index (χ1) is 7.92.